The van der Waals surface area contributed by atoms with Gasteiger partial charge in [-0.2, -0.15) is 0 Å². The average Bonchev–Trinajstić information content (AvgIpc) is 2.66. The number of halogens is 3. The number of nitrogens with one attached hydrogen (secondary N) is 2. The molecule has 0 spiro atoms. The largest absolute Gasteiger partial charge is 0.356 e. The van der Waals surface area contributed by atoms with E-state index in [1.807, 2.05) is 29.7 Å². The van der Waals surface area contributed by atoms with Gasteiger partial charge in [0.1, 0.15) is 0 Å². The summed E-state index contributed by atoms with van der Waals surface area (Å²) >= 11 is 12.1. The molecule has 0 atom stereocenters. The molecule has 1 heterocycles. The number of benzene rings is 1. The zero-order chi connectivity index (χ0) is 20.4. The number of aryl methyl sites for hydroxylation is 2. The van der Waals surface area contributed by atoms with Crippen molar-refractivity contribution in [3.05, 3.63) is 68.1 Å². The van der Waals surface area contributed by atoms with Crippen LogP contribution in [0.25, 0.3) is 0 Å². The molecule has 1 aromatic heterocycles. The minimum atomic E-state index is 0. The molecule has 0 saturated heterocycles. The lowest BCUT2D eigenvalue weighted by atomic mass is 10.1. The molecule has 0 unspecified atom stereocenters. The molecule has 2 rings (SSSR count). The minimum absolute atomic E-state index is 0. The third-order valence-electron chi connectivity index (χ3n) is 4.52. The second-order valence-corrected chi connectivity index (χ2v) is 7.47. The highest BCUT2D eigenvalue weighted by atomic mass is 127. The van der Waals surface area contributed by atoms with Gasteiger partial charge in [0.2, 0.25) is 0 Å². The van der Waals surface area contributed by atoms with Gasteiger partial charge in [0.25, 0.3) is 5.56 Å². The summed E-state index contributed by atoms with van der Waals surface area (Å²) in [6, 6.07) is 11.0. The number of rotatable bonds is 9. The zero-order valence-electron chi connectivity index (χ0n) is 16.9. The van der Waals surface area contributed by atoms with Gasteiger partial charge in [-0.15, -0.1) is 24.0 Å². The van der Waals surface area contributed by atoms with E-state index in [9.17, 15) is 4.79 Å². The molecule has 5 nitrogen and oxygen atoms in total. The maximum atomic E-state index is 11.8. The van der Waals surface area contributed by atoms with E-state index in [4.69, 9.17) is 23.2 Å². The number of unbranched alkanes of at least 4 members (excludes halogenated alkanes) is 1. The molecular weight excluding hydrogens is 522 g/mol. The fourth-order valence-corrected chi connectivity index (χ4v) is 3.45. The van der Waals surface area contributed by atoms with Crippen LogP contribution in [0.3, 0.4) is 0 Å². The first-order valence-electron chi connectivity index (χ1n) is 9.56. The number of aliphatic imine (C=N–C) groups is 1. The Bertz CT molecular complexity index is 855. The van der Waals surface area contributed by atoms with E-state index in [0.717, 1.165) is 62.5 Å². The number of guanidine groups is 1. The quantitative estimate of drug-likeness (QED) is 0.207. The van der Waals surface area contributed by atoms with Gasteiger partial charge in [0.15, 0.2) is 5.96 Å². The van der Waals surface area contributed by atoms with Crippen LogP contribution in [-0.2, 0) is 13.0 Å². The average molecular weight is 551 g/mol. The minimum Gasteiger partial charge on any atom is -0.356 e. The van der Waals surface area contributed by atoms with Gasteiger partial charge < -0.3 is 15.2 Å². The molecule has 0 amide bonds. The van der Waals surface area contributed by atoms with Gasteiger partial charge in [-0.1, -0.05) is 35.3 Å². The lowest BCUT2D eigenvalue weighted by Crippen LogP contribution is -2.38. The normalized spacial score (nSPS) is 11.1. The molecule has 0 fully saturated rings. The van der Waals surface area contributed by atoms with E-state index in [1.165, 1.54) is 0 Å². The van der Waals surface area contributed by atoms with Gasteiger partial charge in [-0.3, -0.25) is 9.79 Å². The third-order valence-corrected chi connectivity index (χ3v) is 5.11. The Morgan fingerprint density at radius 3 is 2.45 bits per heavy atom. The number of aromatic nitrogens is 1. The third kappa shape index (κ3) is 8.97. The van der Waals surface area contributed by atoms with E-state index < -0.39 is 0 Å². The Hall–Kier alpha value is -1.25. The molecule has 2 N–H and O–H groups in total. The SMILES string of the molecule is CN=C(NCCCCn1c(C)cccc1=O)NCCCc1ccc(Cl)cc1Cl.I. The molecule has 160 valence electrons. The molecule has 0 saturated carbocycles. The van der Waals surface area contributed by atoms with Gasteiger partial charge in [-0.25, -0.2) is 0 Å². The molecule has 0 aliphatic rings. The summed E-state index contributed by atoms with van der Waals surface area (Å²) in [6.07, 6.45) is 3.72. The maximum Gasteiger partial charge on any atom is 0.250 e. The van der Waals surface area contributed by atoms with Crippen molar-refractivity contribution in [3.8, 4) is 0 Å². The van der Waals surface area contributed by atoms with Crippen molar-refractivity contribution in [3.63, 3.8) is 0 Å². The molecule has 0 bridgehead atoms. The summed E-state index contributed by atoms with van der Waals surface area (Å²) < 4.78 is 1.81. The topological polar surface area (TPSA) is 58.4 Å². The molecule has 0 aliphatic carbocycles. The van der Waals surface area contributed by atoms with Gasteiger partial charge in [0.05, 0.1) is 0 Å². The van der Waals surface area contributed by atoms with Crippen LogP contribution in [-0.4, -0.2) is 30.7 Å². The Morgan fingerprint density at radius 1 is 1.07 bits per heavy atom. The Labute approximate surface area is 199 Å². The smallest absolute Gasteiger partial charge is 0.250 e. The van der Waals surface area contributed by atoms with Crippen molar-refractivity contribution in [1.29, 1.82) is 0 Å². The van der Waals surface area contributed by atoms with Gasteiger partial charge in [-0.05, 0) is 56.4 Å². The van der Waals surface area contributed by atoms with Crippen LogP contribution in [0.2, 0.25) is 10.0 Å². The van der Waals surface area contributed by atoms with Crippen LogP contribution in [0.15, 0.2) is 46.2 Å². The number of nitrogens with zero attached hydrogens (tertiary/aromatic N) is 2. The van der Waals surface area contributed by atoms with Crippen molar-refractivity contribution in [2.45, 2.75) is 39.2 Å². The van der Waals surface area contributed by atoms with Crippen LogP contribution in [0.1, 0.15) is 30.5 Å². The van der Waals surface area contributed by atoms with Crippen molar-refractivity contribution in [1.82, 2.24) is 15.2 Å². The molecular formula is C21H29Cl2IN4O. The summed E-state index contributed by atoms with van der Waals surface area (Å²) in [5.74, 6) is 0.787. The van der Waals surface area contributed by atoms with Crippen LogP contribution >= 0.6 is 47.2 Å². The summed E-state index contributed by atoms with van der Waals surface area (Å²) in [5.41, 5.74) is 2.16. The summed E-state index contributed by atoms with van der Waals surface area (Å²) in [6.45, 7) is 4.31. The molecule has 1 aromatic carbocycles. The van der Waals surface area contributed by atoms with Crippen LogP contribution < -0.4 is 16.2 Å². The fraction of sp³-hybridized carbons (Fsp3) is 0.429. The standard InChI is InChI=1S/C21H28Cl2N4O.HI/c1-16-7-5-9-20(28)27(16)14-4-3-12-25-21(24-2)26-13-6-8-17-10-11-18(22)15-19(17)23;/h5,7,9-11,15H,3-4,6,8,12-14H2,1-2H3,(H2,24,25,26);1H. The number of pyridine rings is 1. The van der Waals surface area contributed by atoms with Crippen LogP contribution in [0.4, 0.5) is 0 Å². The van der Waals surface area contributed by atoms with Crippen LogP contribution in [0.5, 0.6) is 0 Å². The lowest BCUT2D eigenvalue weighted by molar-refractivity contribution is 0.574. The highest BCUT2D eigenvalue weighted by molar-refractivity contribution is 14.0. The van der Waals surface area contributed by atoms with E-state index in [2.05, 4.69) is 15.6 Å². The van der Waals surface area contributed by atoms with E-state index in [1.54, 1.807) is 25.2 Å². The summed E-state index contributed by atoms with van der Waals surface area (Å²) in [4.78, 5) is 16.1. The predicted octanol–water partition coefficient (Wildman–Crippen LogP) is 4.66. The second-order valence-electron chi connectivity index (χ2n) is 6.63. The summed E-state index contributed by atoms with van der Waals surface area (Å²) in [5, 5.41) is 7.99. The summed E-state index contributed by atoms with van der Waals surface area (Å²) in [7, 11) is 1.76. The molecule has 8 heteroatoms. The molecule has 0 aliphatic heterocycles. The first-order chi connectivity index (χ1) is 13.5. The first kappa shape index (κ1) is 25.8. The highest BCUT2D eigenvalue weighted by Crippen LogP contribution is 2.21. The number of hydrogen-bond acceptors (Lipinski definition) is 2. The molecule has 0 radical (unpaired) electrons. The molecule has 29 heavy (non-hydrogen) atoms. The first-order valence-corrected chi connectivity index (χ1v) is 10.3. The second kappa shape index (κ2) is 13.9. The number of hydrogen-bond donors (Lipinski definition) is 2. The Kier molecular flexibility index (Phi) is 12.3. The van der Waals surface area contributed by atoms with E-state index in [-0.39, 0.29) is 29.5 Å². The fourth-order valence-electron chi connectivity index (χ4n) is 2.94. The zero-order valence-corrected chi connectivity index (χ0v) is 20.7. The van der Waals surface area contributed by atoms with Crippen molar-refractivity contribution in [2.24, 2.45) is 4.99 Å². The Balaban J connectivity index is 0.00000420. The van der Waals surface area contributed by atoms with Crippen LogP contribution in [0, 0.1) is 6.92 Å². The highest BCUT2D eigenvalue weighted by Gasteiger charge is 2.03. The van der Waals surface area contributed by atoms with E-state index >= 15 is 0 Å². The maximum absolute atomic E-state index is 11.8. The monoisotopic (exact) mass is 550 g/mol. The Morgan fingerprint density at radius 2 is 1.79 bits per heavy atom. The van der Waals surface area contributed by atoms with E-state index in [0.29, 0.717) is 10.0 Å². The molecule has 2 aromatic rings. The van der Waals surface area contributed by atoms with Crippen molar-refractivity contribution < 1.29 is 0 Å². The lowest BCUT2D eigenvalue weighted by Gasteiger charge is -2.13. The van der Waals surface area contributed by atoms with Crippen molar-refractivity contribution in [2.75, 3.05) is 20.1 Å². The van der Waals surface area contributed by atoms with Gasteiger partial charge in [0, 0.05) is 48.5 Å². The van der Waals surface area contributed by atoms with Crippen molar-refractivity contribution >= 4 is 53.1 Å². The predicted molar refractivity (Wildman–Crippen MR) is 134 cm³/mol. The van der Waals surface area contributed by atoms with Gasteiger partial charge >= 0.3 is 0 Å².